The largest absolute Gasteiger partial charge is 0.507 e. The Morgan fingerprint density at radius 3 is 2.56 bits per heavy atom. The van der Waals surface area contributed by atoms with E-state index in [-0.39, 0.29) is 27.9 Å². The lowest BCUT2D eigenvalue weighted by Crippen LogP contribution is -2.45. The molecule has 0 aliphatic carbocycles. The minimum absolute atomic E-state index is 0.143. The molecule has 2 aromatic carbocycles. The lowest BCUT2D eigenvalue weighted by molar-refractivity contribution is -0.146. The van der Waals surface area contributed by atoms with Crippen LogP contribution in [0.5, 0.6) is 0 Å². The number of carbonyl (C=O) groups is 2. The molecule has 9 heteroatoms. The number of hydrogen-bond donors (Lipinski definition) is 3. The predicted octanol–water partition coefficient (Wildman–Crippen LogP) is 4.01. The molecule has 0 bridgehead atoms. The lowest BCUT2D eigenvalue weighted by Gasteiger charge is -2.21. The third kappa shape index (κ3) is 5.07. The van der Waals surface area contributed by atoms with E-state index in [1.165, 1.54) is 0 Å². The van der Waals surface area contributed by atoms with Crippen LogP contribution in [0.25, 0.3) is 16.6 Å². The Morgan fingerprint density at radius 1 is 1.22 bits per heavy atom. The molecule has 32 heavy (non-hydrogen) atoms. The Hall–Kier alpha value is -3.83. The number of H-pyrrole nitrogens is 1. The van der Waals surface area contributed by atoms with Gasteiger partial charge in [-0.1, -0.05) is 49.7 Å². The number of ether oxygens (including phenoxy) is 1. The Morgan fingerprint density at radius 2 is 1.91 bits per heavy atom. The maximum atomic E-state index is 12.6. The first-order valence-electron chi connectivity index (χ1n) is 9.81. The van der Waals surface area contributed by atoms with Crippen LogP contribution in [-0.4, -0.2) is 39.6 Å². The maximum Gasteiger partial charge on any atom is 0.329 e. The van der Waals surface area contributed by atoms with Crippen molar-refractivity contribution in [1.29, 1.82) is 5.26 Å². The molecule has 1 amide bonds. The summed E-state index contributed by atoms with van der Waals surface area (Å²) >= 11 is 6.05. The lowest BCUT2D eigenvalue weighted by atomic mass is 10.0. The number of aromatic amines is 1. The molecular weight excluding hydrogens is 432 g/mol. The van der Waals surface area contributed by atoms with Gasteiger partial charge in [0, 0.05) is 0 Å². The van der Waals surface area contributed by atoms with Crippen molar-refractivity contribution in [2.75, 3.05) is 6.61 Å². The first-order chi connectivity index (χ1) is 15.3. The first kappa shape index (κ1) is 22.8. The van der Waals surface area contributed by atoms with Crippen LogP contribution in [0.15, 0.2) is 54.3 Å². The molecule has 3 N–H and O–H groups in total. The number of carbonyl (C=O) groups excluding carboxylic acids is 2. The number of halogens is 1. The number of fused-ring (bicyclic) bond motifs is 1. The number of aliphatic hydroxyl groups excluding tert-OH is 1. The fraction of sp³-hybridized carbons (Fsp3) is 0.217. The zero-order chi connectivity index (χ0) is 23.3. The summed E-state index contributed by atoms with van der Waals surface area (Å²) in [5.74, 6) is -1.87. The van der Waals surface area contributed by atoms with Crippen molar-refractivity contribution in [3.8, 4) is 6.07 Å². The van der Waals surface area contributed by atoms with Crippen molar-refractivity contribution in [3.63, 3.8) is 0 Å². The van der Waals surface area contributed by atoms with Gasteiger partial charge in [0.1, 0.15) is 24.3 Å². The smallest absolute Gasteiger partial charge is 0.329 e. The summed E-state index contributed by atoms with van der Waals surface area (Å²) in [6.07, 6.45) is 0. The summed E-state index contributed by atoms with van der Waals surface area (Å²) in [5.41, 5.74) is 1.41. The average molecular weight is 453 g/mol. The van der Waals surface area contributed by atoms with E-state index in [2.05, 4.69) is 15.3 Å². The van der Waals surface area contributed by atoms with Gasteiger partial charge < -0.3 is 20.1 Å². The van der Waals surface area contributed by atoms with E-state index in [9.17, 15) is 20.0 Å². The van der Waals surface area contributed by atoms with Gasteiger partial charge in [0.2, 0.25) is 0 Å². The monoisotopic (exact) mass is 452 g/mol. The molecule has 0 aliphatic heterocycles. The molecule has 0 saturated carbocycles. The van der Waals surface area contributed by atoms with E-state index in [1.807, 2.05) is 12.1 Å². The summed E-state index contributed by atoms with van der Waals surface area (Å²) < 4.78 is 5.19. The van der Waals surface area contributed by atoms with Crippen LogP contribution in [0.4, 0.5) is 0 Å². The Bertz CT molecular complexity index is 1190. The molecular formula is C23H21ClN4O4. The van der Waals surface area contributed by atoms with Crippen molar-refractivity contribution >= 4 is 40.1 Å². The van der Waals surface area contributed by atoms with Crippen LogP contribution >= 0.6 is 11.6 Å². The van der Waals surface area contributed by atoms with E-state index in [0.29, 0.717) is 11.0 Å². The van der Waals surface area contributed by atoms with Gasteiger partial charge in [0.05, 0.1) is 21.6 Å². The van der Waals surface area contributed by atoms with Gasteiger partial charge in [-0.25, -0.2) is 9.78 Å². The number of aliphatic hydroxyl groups is 1. The second-order valence-corrected chi connectivity index (χ2v) is 7.73. The second-order valence-electron chi connectivity index (χ2n) is 7.32. The highest BCUT2D eigenvalue weighted by Gasteiger charge is 2.27. The minimum atomic E-state index is -0.983. The summed E-state index contributed by atoms with van der Waals surface area (Å²) in [7, 11) is 0. The van der Waals surface area contributed by atoms with E-state index in [4.69, 9.17) is 16.3 Å². The first-order valence-corrected chi connectivity index (χ1v) is 10.2. The highest BCUT2D eigenvalue weighted by molar-refractivity contribution is 6.33. The fourth-order valence-corrected chi connectivity index (χ4v) is 3.21. The third-order valence-corrected chi connectivity index (χ3v) is 5.03. The van der Waals surface area contributed by atoms with Gasteiger partial charge in [-0.05, 0) is 30.2 Å². The molecule has 1 atom stereocenters. The van der Waals surface area contributed by atoms with Gasteiger partial charge in [0.25, 0.3) is 5.91 Å². The standard InChI is InChI=1S/C23H21ClN4O4/c1-13(2)20(28-22(30)14-7-3-4-8-16(14)24)23(31)32-12-19(29)15(11-25)21-26-17-9-5-6-10-18(17)27-21/h3-10,13,20,29H,12H2,1-2H3,(H,26,27)(H,28,30)/b19-15-. The third-order valence-electron chi connectivity index (χ3n) is 4.70. The predicted molar refractivity (Wildman–Crippen MR) is 120 cm³/mol. The molecule has 3 aromatic rings. The fourth-order valence-electron chi connectivity index (χ4n) is 2.99. The maximum absolute atomic E-state index is 12.6. The van der Waals surface area contributed by atoms with Gasteiger partial charge in [-0.15, -0.1) is 0 Å². The van der Waals surface area contributed by atoms with Crippen molar-refractivity contribution in [2.24, 2.45) is 5.92 Å². The molecule has 0 saturated heterocycles. The van der Waals surface area contributed by atoms with Gasteiger partial charge in [0.15, 0.2) is 11.6 Å². The number of nitrogens with one attached hydrogen (secondary N) is 2. The Labute approximate surface area is 189 Å². The molecule has 8 nitrogen and oxygen atoms in total. The number of rotatable bonds is 7. The quantitative estimate of drug-likeness (QED) is 0.282. The highest BCUT2D eigenvalue weighted by Crippen LogP contribution is 2.19. The number of amides is 1. The molecule has 164 valence electrons. The number of imidazole rings is 1. The zero-order valence-electron chi connectivity index (χ0n) is 17.4. The topological polar surface area (TPSA) is 128 Å². The van der Waals surface area contributed by atoms with Crippen LogP contribution in [0.1, 0.15) is 30.0 Å². The molecule has 1 heterocycles. The van der Waals surface area contributed by atoms with Crippen molar-refractivity contribution in [3.05, 3.63) is 70.7 Å². The number of benzene rings is 2. The van der Waals surface area contributed by atoms with Crippen LogP contribution in [0, 0.1) is 17.2 Å². The minimum Gasteiger partial charge on any atom is -0.507 e. The number of hydrogen-bond acceptors (Lipinski definition) is 6. The van der Waals surface area contributed by atoms with E-state index in [0.717, 1.165) is 0 Å². The van der Waals surface area contributed by atoms with Crippen molar-refractivity contribution < 1.29 is 19.4 Å². The van der Waals surface area contributed by atoms with Crippen LogP contribution < -0.4 is 5.32 Å². The number of para-hydroxylation sites is 2. The number of aromatic nitrogens is 2. The molecule has 0 aliphatic rings. The molecule has 3 rings (SSSR count). The molecule has 0 spiro atoms. The summed E-state index contributed by atoms with van der Waals surface area (Å²) in [4.78, 5) is 32.4. The van der Waals surface area contributed by atoms with Crippen LogP contribution in [0.3, 0.4) is 0 Å². The normalized spacial score (nSPS) is 12.7. The van der Waals surface area contributed by atoms with E-state index in [1.54, 1.807) is 56.3 Å². The average Bonchev–Trinajstić information content (AvgIpc) is 3.20. The van der Waals surface area contributed by atoms with Crippen molar-refractivity contribution in [1.82, 2.24) is 15.3 Å². The molecule has 0 fully saturated rings. The highest BCUT2D eigenvalue weighted by atomic mass is 35.5. The van der Waals surface area contributed by atoms with Gasteiger partial charge >= 0.3 is 5.97 Å². The van der Waals surface area contributed by atoms with E-state index >= 15 is 0 Å². The molecule has 1 aromatic heterocycles. The van der Waals surface area contributed by atoms with E-state index < -0.39 is 30.3 Å². The molecule has 0 radical (unpaired) electrons. The zero-order valence-corrected chi connectivity index (χ0v) is 18.2. The summed E-state index contributed by atoms with van der Waals surface area (Å²) in [6, 6.07) is 14.5. The number of nitriles is 1. The summed E-state index contributed by atoms with van der Waals surface area (Å²) in [5, 5.41) is 22.7. The molecule has 1 unspecified atom stereocenters. The SMILES string of the molecule is CC(C)C(NC(=O)c1ccccc1Cl)C(=O)OC/C(O)=C(\C#N)c1nc2ccccc2[nH]1. The number of allylic oxidation sites excluding steroid dienone is 1. The Balaban J connectivity index is 1.73. The van der Waals surface area contributed by atoms with Gasteiger partial charge in [-0.2, -0.15) is 5.26 Å². The number of nitrogens with zero attached hydrogens (tertiary/aromatic N) is 2. The van der Waals surface area contributed by atoms with Crippen LogP contribution in [-0.2, 0) is 9.53 Å². The second kappa shape index (κ2) is 9.98. The number of esters is 1. The van der Waals surface area contributed by atoms with Crippen molar-refractivity contribution in [2.45, 2.75) is 19.9 Å². The summed E-state index contributed by atoms with van der Waals surface area (Å²) in [6.45, 7) is 2.93. The van der Waals surface area contributed by atoms with Gasteiger partial charge in [-0.3, -0.25) is 4.79 Å². The van der Waals surface area contributed by atoms with Crippen LogP contribution in [0.2, 0.25) is 5.02 Å². The Kier molecular flexibility index (Phi) is 7.13.